The fraction of sp³-hybridized carbons (Fsp3) is 0.600. The van der Waals surface area contributed by atoms with Gasteiger partial charge < -0.3 is 15.6 Å². The van der Waals surface area contributed by atoms with Crippen molar-refractivity contribution in [2.75, 3.05) is 26.3 Å². The van der Waals surface area contributed by atoms with E-state index in [0.717, 1.165) is 24.0 Å². The van der Waals surface area contributed by atoms with Crippen LogP contribution in [0.2, 0.25) is 0 Å². The summed E-state index contributed by atoms with van der Waals surface area (Å²) in [6, 6.07) is 8.54. The van der Waals surface area contributed by atoms with E-state index in [-0.39, 0.29) is 24.8 Å². The highest BCUT2D eigenvalue weighted by molar-refractivity contribution is 9.10. The van der Waals surface area contributed by atoms with Crippen molar-refractivity contribution in [2.24, 2.45) is 5.73 Å². The van der Waals surface area contributed by atoms with Crippen molar-refractivity contribution in [1.82, 2.24) is 4.90 Å². The Morgan fingerprint density at radius 1 is 1.55 bits per heavy atom. The zero-order valence-electron chi connectivity index (χ0n) is 11.8. The minimum absolute atomic E-state index is 0.0586. The number of nitrogens with zero attached hydrogens (tertiary/aromatic N) is 1. The second-order valence-corrected chi connectivity index (χ2v) is 6.16. The Labute approximate surface area is 129 Å². The van der Waals surface area contributed by atoms with Gasteiger partial charge in [0.1, 0.15) is 0 Å². The zero-order chi connectivity index (χ0) is 14.5. The molecule has 3 N–H and O–H groups in total. The fourth-order valence-corrected chi connectivity index (χ4v) is 3.16. The van der Waals surface area contributed by atoms with Crippen LogP contribution in [0, 0.1) is 0 Å². The molecule has 1 aromatic rings. The third kappa shape index (κ3) is 3.80. The molecule has 1 heterocycles. The van der Waals surface area contributed by atoms with Crippen LogP contribution in [0.3, 0.4) is 0 Å². The van der Waals surface area contributed by atoms with E-state index >= 15 is 0 Å². The number of ether oxygens (including phenoxy) is 1. The van der Waals surface area contributed by atoms with E-state index in [0.29, 0.717) is 6.61 Å². The monoisotopic (exact) mass is 342 g/mol. The molecule has 4 nitrogen and oxygen atoms in total. The minimum atomic E-state index is -0.109. The van der Waals surface area contributed by atoms with E-state index in [2.05, 4.69) is 39.9 Å². The van der Waals surface area contributed by atoms with E-state index in [4.69, 9.17) is 10.5 Å². The van der Waals surface area contributed by atoms with E-state index < -0.39 is 0 Å². The molecule has 1 saturated heterocycles. The maximum Gasteiger partial charge on any atom is 0.0933 e. The predicted molar refractivity (Wildman–Crippen MR) is 83.5 cm³/mol. The van der Waals surface area contributed by atoms with Gasteiger partial charge in [0.25, 0.3) is 0 Å². The Kier molecular flexibility index (Phi) is 5.99. The molecule has 0 aliphatic carbocycles. The summed E-state index contributed by atoms with van der Waals surface area (Å²) in [6.45, 7) is 4.39. The molecule has 3 atom stereocenters. The smallest absolute Gasteiger partial charge is 0.0933 e. The summed E-state index contributed by atoms with van der Waals surface area (Å²) in [5.74, 6) is 0. The maximum absolute atomic E-state index is 9.31. The summed E-state index contributed by atoms with van der Waals surface area (Å²) < 4.78 is 6.60. The summed E-state index contributed by atoms with van der Waals surface area (Å²) in [5, 5.41) is 9.31. The molecule has 0 radical (unpaired) electrons. The van der Waals surface area contributed by atoms with Crippen LogP contribution in [-0.4, -0.2) is 48.5 Å². The van der Waals surface area contributed by atoms with Crippen molar-refractivity contribution < 1.29 is 9.84 Å². The largest absolute Gasteiger partial charge is 0.394 e. The Balaban J connectivity index is 2.23. The molecule has 0 amide bonds. The molecule has 0 saturated carbocycles. The number of aliphatic hydroxyl groups excluding tert-OH is 1. The zero-order valence-corrected chi connectivity index (χ0v) is 13.4. The summed E-state index contributed by atoms with van der Waals surface area (Å²) in [5.41, 5.74) is 7.57. The first kappa shape index (κ1) is 15.9. The minimum Gasteiger partial charge on any atom is -0.394 e. The van der Waals surface area contributed by atoms with Gasteiger partial charge in [0.05, 0.1) is 25.4 Å². The van der Waals surface area contributed by atoms with Crippen LogP contribution in [0.1, 0.15) is 24.9 Å². The first-order valence-electron chi connectivity index (χ1n) is 7.13. The van der Waals surface area contributed by atoms with Gasteiger partial charge in [0.15, 0.2) is 0 Å². The lowest BCUT2D eigenvalue weighted by molar-refractivity contribution is -0.0682. The van der Waals surface area contributed by atoms with E-state index in [1.165, 1.54) is 5.56 Å². The number of aliphatic hydroxyl groups is 1. The molecule has 1 aromatic carbocycles. The van der Waals surface area contributed by atoms with Crippen molar-refractivity contribution in [1.29, 1.82) is 0 Å². The molecule has 112 valence electrons. The number of nitrogens with two attached hydrogens (primary N) is 1. The van der Waals surface area contributed by atoms with E-state index in [9.17, 15) is 5.11 Å². The Hall–Kier alpha value is -0.460. The predicted octanol–water partition coefficient (Wildman–Crippen LogP) is 1.92. The molecule has 2 rings (SSSR count). The first-order valence-corrected chi connectivity index (χ1v) is 7.92. The summed E-state index contributed by atoms with van der Waals surface area (Å²) in [7, 11) is 0. The fourth-order valence-electron chi connectivity index (χ4n) is 2.75. The number of rotatable bonds is 5. The molecule has 1 aliphatic rings. The second kappa shape index (κ2) is 7.52. The molecular formula is C15H23BrN2O2. The summed E-state index contributed by atoms with van der Waals surface area (Å²) in [6.07, 6.45) is 0.806. The van der Waals surface area contributed by atoms with Gasteiger partial charge in [-0.15, -0.1) is 0 Å². The summed E-state index contributed by atoms with van der Waals surface area (Å²) in [4.78, 5) is 2.33. The van der Waals surface area contributed by atoms with Crippen LogP contribution in [0.4, 0.5) is 0 Å². The van der Waals surface area contributed by atoms with Crippen LogP contribution in [0.5, 0.6) is 0 Å². The standard InChI is InChI=1S/C15H23BrN2O2/c1-2-14(17)15(11-4-3-5-12(16)8-11)18-6-7-20-13(9-18)10-19/h3-5,8,13-15,19H,2,6-7,9-10,17H2,1H3. The third-order valence-corrected chi connectivity index (χ3v) is 4.33. The van der Waals surface area contributed by atoms with Crippen LogP contribution < -0.4 is 5.73 Å². The lowest BCUT2D eigenvalue weighted by atomic mass is 9.95. The Bertz CT molecular complexity index is 430. The molecule has 0 spiro atoms. The maximum atomic E-state index is 9.31. The number of benzene rings is 1. The van der Waals surface area contributed by atoms with E-state index in [1.807, 2.05) is 12.1 Å². The molecule has 20 heavy (non-hydrogen) atoms. The van der Waals surface area contributed by atoms with Crippen LogP contribution in [0.25, 0.3) is 0 Å². The third-order valence-electron chi connectivity index (χ3n) is 3.83. The van der Waals surface area contributed by atoms with Gasteiger partial charge in [0.2, 0.25) is 0 Å². The van der Waals surface area contributed by atoms with Gasteiger partial charge in [-0.25, -0.2) is 0 Å². The average Bonchev–Trinajstić information content (AvgIpc) is 2.47. The summed E-state index contributed by atoms with van der Waals surface area (Å²) >= 11 is 3.53. The highest BCUT2D eigenvalue weighted by Crippen LogP contribution is 2.28. The Morgan fingerprint density at radius 3 is 3.00 bits per heavy atom. The molecule has 3 unspecified atom stereocenters. The first-order chi connectivity index (χ1) is 9.65. The van der Waals surface area contributed by atoms with Crippen molar-refractivity contribution >= 4 is 15.9 Å². The molecule has 1 aliphatic heterocycles. The van der Waals surface area contributed by atoms with Crippen molar-refractivity contribution in [3.05, 3.63) is 34.3 Å². The number of morpholine rings is 1. The normalized spacial score (nSPS) is 23.5. The van der Waals surface area contributed by atoms with Crippen LogP contribution in [-0.2, 0) is 4.74 Å². The van der Waals surface area contributed by atoms with E-state index in [1.54, 1.807) is 0 Å². The van der Waals surface area contributed by atoms with Gasteiger partial charge in [0, 0.05) is 23.6 Å². The molecule has 5 heteroatoms. The highest BCUT2D eigenvalue weighted by Gasteiger charge is 2.30. The number of hydrogen-bond donors (Lipinski definition) is 2. The van der Waals surface area contributed by atoms with Crippen molar-refractivity contribution in [2.45, 2.75) is 31.5 Å². The highest BCUT2D eigenvalue weighted by atomic mass is 79.9. The van der Waals surface area contributed by atoms with Gasteiger partial charge in [-0.1, -0.05) is 35.0 Å². The van der Waals surface area contributed by atoms with Crippen molar-refractivity contribution in [3.8, 4) is 0 Å². The lowest BCUT2D eigenvalue weighted by Crippen LogP contribution is -2.50. The molecule has 0 bridgehead atoms. The molecule has 1 fully saturated rings. The van der Waals surface area contributed by atoms with Gasteiger partial charge in [-0.2, -0.15) is 0 Å². The Morgan fingerprint density at radius 2 is 2.35 bits per heavy atom. The van der Waals surface area contributed by atoms with Gasteiger partial charge >= 0.3 is 0 Å². The van der Waals surface area contributed by atoms with Gasteiger partial charge in [-0.05, 0) is 24.1 Å². The molecular weight excluding hydrogens is 320 g/mol. The van der Waals surface area contributed by atoms with Crippen LogP contribution in [0.15, 0.2) is 28.7 Å². The SMILES string of the molecule is CCC(N)C(c1cccc(Br)c1)N1CCOC(CO)C1. The lowest BCUT2D eigenvalue weighted by Gasteiger charge is -2.40. The second-order valence-electron chi connectivity index (χ2n) is 5.24. The van der Waals surface area contributed by atoms with Crippen molar-refractivity contribution in [3.63, 3.8) is 0 Å². The number of hydrogen-bond acceptors (Lipinski definition) is 4. The van der Waals surface area contributed by atoms with Gasteiger partial charge in [-0.3, -0.25) is 4.90 Å². The quantitative estimate of drug-likeness (QED) is 0.858. The molecule has 0 aromatic heterocycles. The number of halogens is 1. The van der Waals surface area contributed by atoms with Crippen LogP contribution >= 0.6 is 15.9 Å². The average molecular weight is 343 g/mol. The topological polar surface area (TPSA) is 58.7 Å².